The molecule has 1 N–H and O–H groups in total. The van der Waals surface area contributed by atoms with Crippen molar-refractivity contribution >= 4 is 17.1 Å². The molecule has 0 aliphatic carbocycles. The lowest BCUT2D eigenvalue weighted by Crippen LogP contribution is -1.98. The van der Waals surface area contributed by atoms with Crippen LogP contribution in [0.15, 0.2) is 68.2 Å². The fraction of sp³-hybridized carbons (Fsp3) is 0. The first-order valence-electron chi connectivity index (χ1n) is 5.79. The molecule has 0 bridgehead atoms. The monoisotopic (exact) mass is 250 g/mol. The number of aromatic nitrogens is 3. The van der Waals surface area contributed by atoms with Gasteiger partial charge in [0, 0.05) is 29.9 Å². The smallest absolute Gasteiger partial charge is 0.161 e. The van der Waals surface area contributed by atoms with Crippen LogP contribution in [-0.2, 0) is 0 Å². The van der Waals surface area contributed by atoms with E-state index in [9.17, 15) is 0 Å². The van der Waals surface area contributed by atoms with Gasteiger partial charge in [-0.25, -0.2) is 9.97 Å². The summed E-state index contributed by atoms with van der Waals surface area (Å²) in [6.07, 6.45) is 10.3. The van der Waals surface area contributed by atoms with Crippen LogP contribution in [0.25, 0.3) is 5.57 Å². The summed E-state index contributed by atoms with van der Waals surface area (Å²) < 4.78 is 0. The van der Waals surface area contributed by atoms with Gasteiger partial charge in [0.05, 0.1) is 0 Å². The second-order valence-electron chi connectivity index (χ2n) is 3.69. The summed E-state index contributed by atoms with van der Waals surface area (Å²) in [5.41, 5.74) is 1.75. The van der Waals surface area contributed by atoms with E-state index < -0.39 is 0 Å². The molecule has 0 atom stereocenters. The molecular formula is C15H14N4. The van der Waals surface area contributed by atoms with Crippen molar-refractivity contribution in [3.05, 3.63) is 74.0 Å². The van der Waals surface area contributed by atoms with Crippen LogP contribution in [0, 0.1) is 0 Å². The predicted octanol–water partition coefficient (Wildman–Crippen LogP) is 3.37. The Hall–Kier alpha value is -2.75. The number of anilines is 2. The Bertz CT molecular complexity index is 603. The van der Waals surface area contributed by atoms with Crippen LogP contribution in [0.1, 0.15) is 5.82 Å². The minimum Gasteiger partial charge on any atom is -0.340 e. The zero-order valence-corrected chi connectivity index (χ0v) is 10.5. The number of allylic oxidation sites excluding steroid dienone is 4. The van der Waals surface area contributed by atoms with E-state index in [0.29, 0.717) is 11.6 Å². The Morgan fingerprint density at radius 2 is 1.89 bits per heavy atom. The molecule has 0 radical (unpaired) electrons. The highest BCUT2D eigenvalue weighted by molar-refractivity contribution is 5.71. The van der Waals surface area contributed by atoms with Gasteiger partial charge in [-0.05, 0) is 18.2 Å². The first-order valence-corrected chi connectivity index (χ1v) is 5.79. The number of nitrogens with one attached hydrogen (secondary N) is 1. The SMILES string of the molecule is C=C/C=C(\C=C)c1nccc(Nc2ccncc2)n1. The molecule has 4 nitrogen and oxygen atoms in total. The third kappa shape index (κ3) is 3.35. The second kappa shape index (κ2) is 6.26. The Kier molecular flexibility index (Phi) is 4.18. The van der Waals surface area contributed by atoms with Crippen LogP contribution >= 0.6 is 0 Å². The van der Waals surface area contributed by atoms with Gasteiger partial charge in [0.1, 0.15) is 5.82 Å². The van der Waals surface area contributed by atoms with Crippen LogP contribution in [0.5, 0.6) is 0 Å². The maximum Gasteiger partial charge on any atom is 0.161 e. The second-order valence-corrected chi connectivity index (χ2v) is 3.69. The van der Waals surface area contributed by atoms with Gasteiger partial charge in [-0.1, -0.05) is 31.4 Å². The van der Waals surface area contributed by atoms with Gasteiger partial charge in [0.15, 0.2) is 5.82 Å². The average Bonchev–Trinajstić information content (AvgIpc) is 2.46. The first kappa shape index (κ1) is 12.7. The standard InChI is InChI=1S/C15H14N4/c1-3-5-12(4-2)15-17-11-8-14(19-15)18-13-6-9-16-10-7-13/h3-11H,1-2H2,(H,16,17,18,19)/b12-5+. The molecule has 0 fully saturated rings. The molecule has 0 aliphatic rings. The van der Waals surface area contributed by atoms with E-state index in [1.807, 2.05) is 18.2 Å². The molecule has 2 aromatic rings. The lowest BCUT2D eigenvalue weighted by atomic mass is 10.2. The van der Waals surface area contributed by atoms with E-state index in [1.165, 1.54) is 0 Å². The third-order valence-electron chi connectivity index (χ3n) is 2.38. The van der Waals surface area contributed by atoms with Crippen molar-refractivity contribution in [2.45, 2.75) is 0 Å². The first-order chi connectivity index (χ1) is 9.33. The number of nitrogens with zero attached hydrogens (tertiary/aromatic N) is 3. The molecule has 0 unspecified atom stereocenters. The number of pyridine rings is 1. The van der Waals surface area contributed by atoms with Crippen LogP contribution in [0.2, 0.25) is 0 Å². The summed E-state index contributed by atoms with van der Waals surface area (Å²) in [7, 11) is 0. The minimum absolute atomic E-state index is 0.606. The molecule has 0 saturated carbocycles. The van der Waals surface area contributed by atoms with E-state index >= 15 is 0 Å². The molecule has 2 aromatic heterocycles. The largest absolute Gasteiger partial charge is 0.340 e. The zero-order chi connectivity index (χ0) is 13.5. The van der Waals surface area contributed by atoms with Gasteiger partial charge in [-0.2, -0.15) is 0 Å². The fourth-order valence-corrected chi connectivity index (χ4v) is 1.51. The van der Waals surface area contributed by atoms with E-state index in [-0.39, 0.29) is 0 Å². The van der Waals surface area contributed by atoms with Crippen LogP contribution in [-0.4, -0.2) is 15.0 Å². The number of hydrogen-bond donors (Lipinski definition) is 1. The van der Waals surface area contributed by atoms with E-state index in [0.717, 1.165) is 11.3 Å². The Morgan fingerprint density at radius 1 is 1.11 bits per heavy atom. The molecule has 0 saturated heterocycles. The quantitative estimate of drug-likeness (QED) is 0.826. The van der Waals surface area contributed by atoms with Crippen molar-refractivity contribution in [1.82, 2.24) is 15.0 Å². The lowest BCUT2D eigenvalue weighted by molar-refractivity contribution is 1.12. The molecule has 0 spiro atoms. The highest BCUT2D eigenvalue weighted by Crippen LogP contribution is 2.16. The van der Waals surface area contributed by atoms with Crippen molar-refractivity contribution in [2.75, 3.05) is 5.32 Å². The molecule has 0 aromatic carbocycles. The molecule has 0 aliphatic heterocycles. The van der Waals surface area contributed by atoms with Gasteiger partial charge in [-0.3, -0.25) is 4.98 Å². The van der Waals surface area contributed by atoms with E-state index in [1.54, 1.807) is 36.8 Å². The highest BCUT2D eigenvalue weighted by atomic mass is 15.0. The highest BCUT2D eigenvalue weighted by Gasteiger charge is 2.02. The molecule has 0 amide bonds. The fourth-order valence-electron chi connectivity index (χ4n) is 1.51. The number of rotatable bonds is 5. The van der Waals surface area contributed by atoms with Gasteiger partial charge >= 0.3 is 0 Å². The maximum atomic E-state index is 4.43. The lowest BCUT2D eigenvalue weighted by Gasteiger charge is -2.06. The third-order valence-corrected chi connectivity index (χ3v) is 2.38. The Labute approximate surface area is 112 Å². The maximum absolute atomic E-state index is 4.43. The summed E-state index contributed by atoms with van der Waals surface area (Å²) in [5.74, 6) is 1.32. The van der Waals surface area contributed by atoms with Gasteiger partial charge in [0.2, 0.25) is 0 Å². The van der Waals surface area contributed by atoms with Gasteiger partial charge in [0.25, 0.3) is 0 Å². The molecule has 2 rings (SSSR count). The predicted molar refractivity (Wildman–Crippen MR) is 77.9 cm³/mol. The zero-order valence-electron chi connectivity index (χ0n) is 10.5. The summed E-state index contributed by atoms with van der Waals surface area (Å²) in [4.78, 5) is 12.6. The minimum atomic E-state index is 0.606. The molecular weight excluding hydrogens is 236 g/mol. The van der Waals surface area contributed by atoms with Crippen molar-refractivity contribution < 1.29 is 0 Å². The van der Waals surface area contributed by atoms with E-state index in [4.69, 9.17) is 0 Å². The summed E-state index contributed by atoms with van der Waals surface area (Å²) >= 11 is 0. The molecule has 19 heavy (non-hydrogen) atoms. The van der Waals surface area contributed by atoms with Crippen molar-refractivity contribution in [1.29, 1.82) is 0 Å². The van der Waals surface area contributed by atoms with Gasteiger partial charge in [-0.15, -0.1) is 0 Å². The Morgan fingerprint density at radius 3 is 2.58 bits per heavy atom. The molecule has 4 heteroatoms. The van der Waals surface area contributed by atoms with Gasteiger partial charge < -0.3 is 5.32 Å². The summed E-state index contributed by atoms with van der Waals surface area (Å²) in [6, 6.07) is 5.55. The van der Waals surface area contributed by atoms with Crippen molar-refractivity contribution in [3.63, 3.8) is 0 Å². The van der Waals surface area contributed by atoms with Crippen LogP contribution in [0.4, 0.5) is 11.5 Å². The average molecular weight is 250 g/mol. The van der Waals surface area contributed by atoms with E-state index in [2.05, 4.69) is 33.4 Å². The number of hydrogen-bond acceptors (Lipinski definition) is 4. The van der Waals surface area contributed by atoms with Crippen molar-refractivity contribution in [2.24, 2.45) is 0 Å². The van der Waals surface area contributed by atoms with Crippen molar-refractivity contribution in [3.8, 4) is 0 Å². The normalized spacial score (nSPS) is 10.8. The Balaban J connectivity index is 2.27. The topological polar surface area (TPSA) is 50.7 Å². The van der Waals surface area contributed by atoms with Crippen LogP contribution in [0.3, 0.4) is 0 Å². The summed E-state index contributed by atoms with van der Waals surface area (Å²) in [6.45, 7) is 7.41. The molecule has 2 heterocycles. The summed E-state index contributed by atoms with van der Waals surface area (Å²) in [5, 5.41) is 3.19. The molecule has 94 valence electrons. The van der Waals surface area contributed by atoms with Crippen LogP contribution < -0.4 is 5.32 Å².